The van der Waals surface area contributed by atoms with Gasteiger partial charge in [-0.2, -0.15) is 8.42 Å². The van der Waals surface area contributed by atoms with Crippen molar-refractivity contribution in [3.05, 3.63) is 0 Å². The molecule has 0 rings (SSSR count). The summed E-state index contributed by atoms with van der Waals surface area (Å²) in [5.41, 5.74) is 0. The van der Waals surface area contributed by atoms with Gasteiger partial charge < -0.3 is 10.1 Å². The van der Waals surface area contributed by atoms with Crippen LogP contribution in [0, 0.1) is 0 Å². The maximum absolute atomic E-state index is 10.5. The van der Waals surface area contributed by atoms with E-state index in [1.165, 1.54) is 12.8 Å². The third-order valence-corrected chi connectivity index (χ3v) is 3.90. The Bertz CT molecular complexity index is 331. The number of methoxy groups -OCH3 is 1. The van der Waals surface area contributed by atoms with E-state index in [0.717, 1.165) is 38.6 Å². The minimum atomic E-state index is -3.77. The lowest BCUT2D eigenvalue weighted by Crippen LogP contribution is -2.23. The lowest BCUT2D eigenvalue weighted by atomic mass is 10.1. The molecular weight excluding hydrogens is 286 g/mol. The second-order valence-corrected chi connectivity index (χ2v) is 6.48. The van der Waals surface area contributed by atoms with Crippen molar-refractivity contribution in [2.75, 3.05) is 19.4 Å². The average Bonchev–Trinajstić information content (AvgIpc) is 2.34. The number of ether oxygens (including phenoxy) is 1. The van der Waals surface area contributed by atoms with Crippen LogP contribution in [0.1, 0.15) is 51.4 Å². The Morgan fingerprint density at radius 2 is 1.53 bits per heavy atom. The quantitative estimate of drug-likeness (QED) is 0.347. The molecule has 7 heteroatoms. The molecular formula is C12H25NO4S2. The van der Waals surface area contributed by atoms with Crippen molar-refractivity contribution in [3.63, 3.8) is 0 Å². The van der Waals surface area contributed by atoms with Gasteiger partial charge in [0.1, 0.15) is 0 Å². The minimum absolute atomic E-state index is 0.113. The van der Waals surface area contributed by atoms with E-state index in [2.05, 4.69) is 5.32 Å². The zero-order valence-electron chi connectivity index (χ0n) is 11.6. The Labute approximate surface area is 121 Å². The molecule has 114 valence electrons. The first-order valence-corrected chi connectivity index (χ1v) is 8.74. The molecule has 0 aromatic rings. The Kier molecular flexibility index (Phi) is 11.2. The molecule has 5 nitrogen and oxygen atoms in total. The maximum atomic E-state index is 10.5. The summed E-state index contributed by atoms with van der Waals surface area (Å²) in [4.78, 5) is 0. The molecule has 19 heavy (non-hydrogen) atoms. The second kappa shape index (κ2) is 11.4. The average molecular weight is 311 g/mol. The van der Waals surface area contributed by atoms with Crippen LogP contribution in [0.2, 0.25) is 0 Å². The van der Waals surface area contributed by atoms with E-state index < -0.39 is 10.1 Å². The van der Waals surface area contributed by atoms with Gasteiger partial charge in [0.2, 0.25) is 0 Å². The number of rotatable bonds is 11. The summed E-state index contributed by atoms with van der Waals surface area (Å²) in [5, 5.41) is 3.44. The summed E-state index contributed by atoms with van der Waals surface area (Å²) < 4.78 is 34.3. The van der Waals surface area contributed by atoms with Gasteiger partial charge in [0.05, 0.1) is 12.9 Å². The van der Waals surface area contributed by atoms with Crippen molar-refractivity contribution in [1.29, 1.82) is 0 Å². The van der Waals surface area contributed by atoms with Crippen LogP contribution in [0.15, 0.2) is 0 Å². The Balaban J connectivity index is 3.13. The fourth-order valence-electron chi connectivity index (χ4n) is 1.73. The van der Waals surface area contributed by atoms with Crippen molar-refractivity contribution in [2.45, 2.75) is 51.4 Å². The molecule has 0 unspecified atom stereocenters. The van der Waals surface area contributed by atoms with E-state index in [0.29, 0.717) is 11.6 Å². The highest BCUT2D eigenvalue weighted by Crippen LogP contribution is 2.08. The summed E-state index contributed by atoms with van der Waals surface area (Å²) in [6, 6.07) is 0. The van der Waals surface area contributed by atoms with Gasteiger partial charge in [-0.15, -0.1) is 0 Å². The number of hydrogen-bond donors (Lipinski definition) is 2. The monoisotopic (exact) mass is 311 g/mol. The topological polar surface area (TPSA) is 75.6 Å². The third kappa shape index (κ3) is 15.5. The van der Waals surface area contributed by atoms with Gasteiger partial charge in [-0.3, -0.25) is 4.55 Å². The van der Waals surface area contributed by atoms with E-state index in [1.54, 1.807) is 7.11 Å². The Morgan fingerprint density at radius 3 is 2.00 bits per heavy atom. The van der Waals surface area contributed by atoms with E-state index in [-0.39, 0.29) is 5.75 Å². The zero-order chi connectivity index (χ0) is 14.6. The van der Waals surface area contributed by atoms with Crippen molar-refractivity contribution >= 4 is 27.5 Å². The first-order chi connectivity index (χ1) is 8.95. The summed E-state index contributed by atoms with van der Waals surface area (Å²) in [5.74, 6) is -0.113. The molecule has 0 aromatic heterocycles. The minimum Gasteiger partial charge on any atom is -0.474 e. The fourth-order valence-corrected chi connectivity index (χ4v) is 2.40. The van der Waals surface area contributed by atoms with E-state index >= 15 is 0 Å². The van der Waals surface area contributed by atoms with Gasteiger partial charge in [-0.05, 0) is 25.1 Å². The lowest BCUT2D eigenvalue weighted by molar-refractivity contribution is 0.391. The molecule has 0 atom stereocenters. The molecule has 0 bridgehead atoms. The molecule has 0 aromatic carbocycles. The first-order valence-electron chi connectivity index (χ1n) is 6.72. The number of hydrogen-bond acceptors (Lipinski definition) is 4. The van der Waals surface area contributed by atoms with Crippen LogP contribution in [0.5, 0.6) is 0 Å². The summed E-state index contributed by atoms with van der Waals surface area (Å²) >= 11 is 4.85. The smallest absolute Gasteiger partial charge is 0.264 e. The highest BCUT2D eigenvalue weighted by Gasteiger charge is 2.02. The zero-order valence-corrected chi connectivity index (χ0v) is 13.2. The van der Waals surface area contributed by atoms with Crippen LogP contribution >= 0.6 is 12.2 Å². The molecule has 0 fully saturated rings. The van der Waals surface area contributed by atoms with Crippen LogP contribution < -0.4 is 5.32 Å². The van der Waals surface area contributed by atoms with Crippen LogP contribution in [-0.2, 0) is 14.9 Å². The summed E-state index contributed by atoms with van der Waals surface area (Å²) in [6.07, 6.45) is 8.15. The van der Waals surface area contributed by atoms with Crippen LogP contribution in [0.3, 0.4) is 0 Å². The molecule has 2 N–H and O–H groups in total. The highest BCUT2D eigenvalue weighted by atomic mass is 32.2. The number of thiocarbonyl (C=S) groups is 1. The maximum Gasteiger partial charge on any atom is 0.264 e. The van der Waals surface area contributed by atoms with Crippen molar-refractivity contribution in [3.8, 4) is 0 Å². The van der Waals surface area contributed by atoms with Crippen molar-refractivity contribution < 1.29 is 17.7 Å². The third-order valence-electron chi connectivity index (χ3n) is 2.78. The predicted molar refractivity (Wildman–Crippen MR) is 81.0 cm³/mol. The second-order valence-electron chi connectivity index (χ2n) is 4.53. The Morgan fingerprint density at radius 1 is 1.05 bits per heavy atom. The Hall–Kier alpha value is -0.400. The van der Waals surface area contributed by atoms with Gasteiger partial charge in [-0.1, -0.05) is 38.5 Å². The fraction of sp³-hybridized carbons (Fsp3) is 0.917. The summed E-state index contributed by atoms with van der Waals surface area (Å²) in [6.45, 7) is 0.848. The number of unbranched alkanes of at least 4 members (excludes halogenated alkanes) is 7. The number of nitrogens with one attached hydrogen (secondary N) is 1. The van der Waals surface area contributed by atoms with Gasteiger partial charge in [-0.25, -0.2) is 0 Å². The van der Waals surface area contributed by atoms with Crippen LogP contribution in [-0.4, -0.2) is 37.6 Å². The molecule has 0 saturated carbocycles. The van der Waals surface area contributed by atoms with Gasteiger partial charge in [0.15, 0.2) is 0 Å². The first kappa shape index (κ1) is 18.6. The van der Waals surface area contributed by atoms with Gasteiger partial charge in [0.25, 0.3) is 15.3 Å². The van der Waals surface area contributed by atoms with Gasteiger partial charge >= 0.3 is 0 Å². The molecule has 0 amide bonds. The molecule has 0 aliphatic rings. The van der Waals surface area contributed by atoms with Crippen LogP contribution in [0.4, 0.5) is 0 Å². The molecule has 0 spiro atoms. The van der Waals surface area contributed by atoms with Gasteiger partial charge in [0, 0.05) is 6.54 Å². The van der Waals surface area contributed by atoms with Crippen molar-refractivity contribution in [1.82, 2.24) is 5.32 Å². The van der Waals surface area contributed by atoms with Crippen molar-refractivity contribution in [2.24, 2.45) is 0 Å². The van der Waals surface area contributed by atoms with Crippen LogP contribution in [0.25, 0.3) is 0 Å². The normalized spacial score (nSPS) is 11.3. The molecule has 0 saturated heterocycles. The SMILES string of the molecule is COC(=S)NCCCCCCCCCCS(=O)(=O)O. The van der Waals surface area contributed by atoms with E-state index in [4.69, 9.17) is 21.5 Å². The molecule has 0 radical (unpaired) electrons. The molecule has 0 aliphatic carbocycles. The van der Waals surface area contributed by atoms with E-state index in [9.17, 15) is 8.42 Å². The lowest BCUT2D eigenvalue weighted by Gasteiger charge is -2.05. The molecule has 0 aliphatic heterocycles. The largest absolute Gasteiger partial charge is 0.474 e. The van der Waals surface area contributed by atoms with E-state index in [1.807, 2.05) is 0 Å². The standard InChI is InChI=1S/C12H25NO4S2/c1-17-12(18)13-10-8-6-4-2-3-5-7-9-11-19(14,15)16/h2-11H2,1H3,(H,13,18)(H,14,15,16). The highest BCUT2D eigenvalue weighted by molar-refractivity contribution is 7.85. The molecule has 0 heterocycles. The predicted octanol–water partition coefficient (Wildman–Crippen LogP) is 2.52. The summed E-state index contributed by atoms with van der Waals surface area (Å²) in [7, 11) is -2.22.